The van der Waals surface area contributed by atoms with Crippen molar-refractivity contribution in [3.8, 4) is 5.75 Å². The zero-order valence-electron chi connectivity index (χ0n) is 12.5. The van der Waals surface area contributed by atoms with Crippen LogP contribution in [0.5, 0.6) is 5.75 Å². The van der Waals surface area contributed by atoms with E-state index in [-0.39, 0.29) is 6.10 Å². The second kappa shape index (κ2) is 7.39. The van der Waals surface area contributed by atoms with Crippen molar-refractivity contribution in [2.45, 2.75) is 39.2 Å². The third kappa shape index (κ3) is 5.70. The van der Waals surface area contributed by atoms with E-state index in [1.165, 1.54) is 12.8 Å². The fraction of sp³-hybridized carbons (Fsp3) is 0.625. The summed E-state index contributed by atoms with van der Waals surface area (Å²) in [6.45, 7) is 6.65. The first kappa shape index (κ1) is 15.0. The molecular weight excluding hydrogens is 252 g/mol. The molecule has 1 aromatic carbocycles. The van der Waals surface area contributed by atoms with Crippen molar-refractivity contribution in [3.63, 3.8) is 0 Å². The van der Waals surface area contributed by atoms with Crippen LogP contribution in [-0.2, 0) is 4.74 Å². The fourth-order valence-electron chi connectivity index (χ4n) is 2.01. The van der Waals surface area contributed by atoms with Gasteiger partial charge in [0.05, 0.1) is 6.10 Å². The summed E-state index contributed by atoms with van der Waals surface area (Å²) in [4.78, 5) is 0. The van der Waals surface area contributed by atoms with E-state index >= 15 is 0 Å². The molecule has 4 nitrogen and oxygen atoms in total. The average molecular weight is 278 g/mol. The predicted octanol–water partition coefficient (Wildman–Crippen LogP) is 3.28. The second-order valence-electron chi connectivity index (χ2n) is 5.76. The van der Waals surface area contributed by atoms with Crippen molar-refractivity contribution in [1.82, 2.24) is 0 Å². The lowest BCUT2D eigenvalue weighted by Gasteiger charge is -2.13. The van der Waals surface area contributed by atoms with E-state index in [0.29, 0.717) is 0 Å². The number of nitrogen functional groups attached to an aromatic ring is 1. The zero-order valence-corrected chi connectivity index (χ0v) is 12.5. The molecule has 1 aromatic rings. The topological polar surface area (TPSA) is 56.5 Å². The molecule has 0 bridgehead atoms. The van der Waals surface area contributed by atoms with Gasteiger partial charge in [0.2, 0.25) is 0 Å². The minimum atomic E-state index is 0.153. The van der Waals surface area contributed by atoms with Gasteiger partial charge in [0.25, 0.3) is 0 Å². The molecule has 0 spiro atoms. The van der Waals surface area contributed by atoms with Gasteiger partial charge in [-0.3, -0.25) is 0 Å². The van der Waals surface area contributed by atoms with Crippen LogP contribution < -0.4 is 15.8 Å². The monoisotopic (exact) mass is 278 g/mol. The van der Waals surface area contributed by atoms with E-state index in [1.807, 2.05) is 32.0 Å². The Labute approximate surface area is 121 Å². The van der Waals surface area contributed by atoms with Crippen LogP contribution in [0.4, 0.5) is 11.4 Å². The lowest BCUT2D eigenvalue weighted by Crippen LogP contribution is -2.09. The molecule has 0 aromatic heterocycles. The molecule has 4 heteroatoms. The summed E-state index contributed by atoms with van der Waals surface area (Å²) in [5, 5.41) is 3.36. The molecule has 0 atom stereocenters. The van der Waals surface area contributed by atoms with E-state index in [2.05, 4.69) is 5.32 Å². The Balaban J connectivity index is 1.69. The Morgan fingerprint density at radius 3 is 2.80 bits per heavy atom. The summed E-state index contributed by atoms with van der Waals surface area (Å²) in [6.07, 6.45) is 3.85. The number of nitrogens with two attached hydrogens (primary N) is 1. The predicted molar refractivity (Wildman–Crippen MR) is 83.3 cm³/mol. The maximum absolute atomic E-state index is 5.88. The number of benzene rings is 1. The summed E-state index contributed by atoms with van der Waals surface area (Å²) >= 11 is 0. The second-order valence-corrected chi connectivity index (χ2v) is 5.76. The largest absolute Gasteiger partial charge is 0.491 e. The first-order valence-corrected chi connectivity index (χ1v) is 7.52. The molecule has 1 fully saturated rings. The Kier molecular flexibility index (Phi) is 5.53. The van der Waals surface area contributed by atoms with Crippen LogP contribution in [0, 0.1) is 5.92 Å². The van der Waals surface area contributed by atoms with Gasteiger partial charge in [0.15, 0.2) is 0 Å². The first-order chi connectivity index (χ1) is 9.63. The van der Waals surface area contributed by atoms with Crippen molar-refractivity contribution in [3.05, 3.63) is 18.2 Å². The average Bonchev–Trinajstić information content (AvgIpc) is 3.16. The highest BCUT2D eigenvalue weighted by Gasteiger charge is 2.20. The summed E-state index contributed by atoms with van der Waals surface area (Å²) < 4.78 is 11.3. The van der Waals surface area contributed by atoms with Crippen molar-refractivity contribution in [2.75, 3.05) is 30.8 Å². The Hall–Kier alpha value is -1.42. The van der Waals surface area contributed by atoms with Crippen LogP contribution in [0.3, 0.4) is 0 Å². The van der Waals surface area contributed by atoms with Crippen molar-refractivity contribution >= 4 is 11.4 Å². The summed E-state index contributed by atoms with van der Waals surface area (Å²) in [6, 6.07) is 5.77. The summed E-state index contributed by atoms with van der Waals surface area (Å²) in [7, 11) is 0. The molecule has 0 unspecified atom stereocenters. The van der Waals surface area contributed by atoms with E-state index in [9.17, 15) is 0 Å². The molecule has 0 heterocycles. The number of hydrogen-bond acceptors (Lipinski definition) is 4. The van der Waals surface area contributed by atoms with Crippen LogP contribution >= 0.6 is 0 Å². The van der Waals surface area contributed by atoms with Gasteiger partial charge >= 0.3 is 0 Å². The third-order valence-electron chi connectivity index (χ3n) is 3.15. The third-order valence-corrected chi connectivity index (χ3v) is 3.15. The van der Waals surface area contributed by atoms with Gasteiger partial charge in [-0.1, -0.05) is 0 Å². The number of ether oxygens (including phenoxy) is 2. The fourth-order valence-corrected chi connectivity index (χ4v) is 2.01. The van der Waals surface area contributed by atoms with Gasteiger partial charge in [-0.25, -0.2) is 0 Å². The molecule has 3 N–H and O–H groups in total. The van der Waals surface area contributed by atoms with Gasteiger partial charge in [0, 0.05) is 43.3 Å². The number of rotatable bonds is 9. The van der Waals surface area contributed by atoms with Crippen molar-refractivity contribution < 1.29 is 9.47 Å². The van der Waals surface area contributed by atoms with Gasteiger partial charge in [0.1, 0.15) is 5.75 Å². The molecule has 1 aliphatic carbocycles. The van der Waals surface area contributed by atoms with Gasteiger partial charge in [-0.15, -0.1) is 0 Å². The zero-order chi connectivity index (χ0) is 14.4. The molecule has 0 radical (unpaired) electrons. The highest BCUT2D eigenvalue weighted by atomic mass is 16.5. The summed E-state index contributed by atoms with van der Waals surface area (Å²) in [5.41, 5.74) is 7.60. The highest BCUT2D eigenvalue weighted by molar-refractivity contribution is 5.59. The number of anilines is 2. The van der Waals surface area contributed by atoms with Crippen LogP contribution in [0.15, 0.2) is 18.2 Å². The first-order valence-electron chi connectivity index (χ1n) is 7.52. The van der Waals surface area contributed by atoms with Crippen LogP contribution in [0.25, 0.3) is 0 Å². The molecule has 112 valence electrons. The molecule has 20 heavy (non-hydrogen) atoms. The number of hydrogen-bond donors (Lipinski definition) is 2. The lowest BCUT2D eigenvalue weighted by molar-refractivity contribution is 0.124. The van der Waals surface area contributed by atoms with Gasteiger partial charge in [-0.2, -0.15) is 0 Å². The molecule has 1 saturated carbocycles. The van der Waals surface area contributed by atoms with Crippen LogP contribution in [0.1, 0.15) is 33.1 Å². The van der Waals surface area contributed by atoms with E-state index < -0.39 is 0 Å². The SMILES string of the molecule is CC(C)Oc1cc(N)cc(NCCCOCC2CC2)c1. The molecular formula is C16H26N2O2. The van der Waals surface area contributed by atoms with Crippen LogP contribution in [-0.4, -0.2) is 25.9 Å². The highest BCUT2D eigenvalue weighted by Crippen LogP contribution is 2.28. The van der Waals surface area contributed by atoms with E-state index in [4.69, 9.17) is 15.2 Å². The van der Waals surface area contributed by atoms with Crippen molar-refractivity contribution in [1.29, 1.82) is 0 Å². The molecule has 0 amide bonds. The molecule has 0 aliphatic heterocycles. The quantitative estimate of drug-likeness (QED) is 0.537. The number of nitrogens with one attached hydrogen (secondary N) is 1. The maximum atomic E-state index is 5.88. The molecule has 2 rings (SSSR count). The molecule has 0 saturated heterocycles. The maximum Gasteiger partial charge on any atom is 0.123 e. The van der Waals surface area contributed by atoms with Gasteiger partial charge in [-0.05, 0) is 45.1 Å². The van der Waals surface area contributed by atoms with E-state index in [1.54, 1.807) is 0 Å². The minimum Gasteiger partial charge on any atom is -0.491 e. The molecule has 1 aliphatic rings. The Morgan fingerprint density at radius 1 is 1.30 bits per heavy atom. The van der Waals surface area contributed by atoms with E-state index in [0.717, 1.165) is 49.2 Å². The Bertz CT molecular complexity index is 417. The normalized spacial score (nSPS) is 14.6. The smallest absolute Gasteiger partial charge is 0.123 e. The van der Waals surface area contributed by atoms with Crippen LogP contribution in [0.2, 0.25) is 0 Å². The minimum absolute atomic E-state index is 0.153. The van der Waals surface area contributed by atoms with Crippen molar-refractivity contribution in [2.24, 2.45) is 5.92 Å². The Morgan fingerprint density at radius 2 is 2.10 bits per heavy atom. The lowest BCUT2D eigenvalue weighted by atomic mass is 10.2. The van der Waals surface area contributed by atoms with Gasteiger partial charge < -0.3 is 20.5 Å². The standard InChI is InChI=1S/C16H26N2O2/c1-12(2)20-16-9-14(17)8-15(10-16)18-6-3-7-19-11-13-4-5-13/h8-10,12-13,18H,3-7,11,17H2,1-2H3. The summed E-state index contributed by atoms with van der Waals surface area (Å²) in [5.74, 6) is 1.65.